The molecular formula is C12H8ClN3O3. The van der Waals surface area contributed by atoms with Gasteiger partial charge in [-0.25, -0.2) is 10.3 Å². The first kappa shape index (κ1) is 12.9. The summed E-state index contributed by atoms with van der Waals surface area (Å²) in [5.74, 6) is -0.553. The molecule has 0 unspecified atom stereocenters. The van der Waals surface area contributed by atoms with Crippen molar-refractivity contribution in [1.29, 1.82) is 5.26 Å². The number of nitriles is 1. The summed E-state index contributed by atoms with van der Waals surface area (Å²) in [7, 11) is 1.17. The number of methoxy groups -OCH3 is 1. The third-order valence-electron chi connectivity index (χ3n) is 2.29. The van der Waals surface area contributed by atoms with Crippen LogP contribution in [0.5, 0.6) is 0 Å². The average Bonchev–Trinajstić information content (AvgIpc) is 2.89. The molecule has 6 nitrogen and oxygen atoms in total. The fourth-order valence-corrected chi connectivity index (χ4v) is 1.49. The van der Waals surface area contributed by atoms with Crippen LogP contribution in [0.1, 0.15) is 5.56 Å². The van der Waals surface area contributed by atoms with Gasteiger partial charge in [0, 0.05) is 10.6 Å². The lowest BCUT2D eigenvalue weighted by Gasteiger charge is -2.00. The molecule has 19 heavy (non-hydrogen) atoms. The van der Waals surface area contributed by atoms with E-state index in [1.165, 1.54) is 7.11 Å². The van der Waals surface area contributed by atoms with E-state index < -0.39 is 5.97 Å². The van der Waals surface area contributed by atoms with Gasteiger partial charge in [-0.15, -0.1) is 0 Å². The molecule has 0 aromatic heterocycles. The number of carbonyl (C=O) groups is 1. The fourth-order valence-electron chi connectivity index (χ4n) is 1.36. The van der Waals surface area contributed by atoms with Crippen LogP contribution in [0.4, 0.5) is 0 Å². The number of nitrogens with zero attached hydrogens (tertiary/aromatic N) is 2. The van der Waals surface area contributed by atoms with E-state index in [9.17, 15) is 4.79 Å². The Morgan fingerprint density at radius 1 is 1.47 bits per heavy atom. The number of halogens is 1. The van der Waals surface area contributed by atoms with Crippen LogP contribution in [0.3, 0.4) is 0 Å². The number of benzene rings is 1. The smallest absolute Gasteiger partial charge is 0.354 e. The fraction of sp³-hybridized carbons (Fsp3) is 0.0833. The largest absolute Gasteiger partial charge is 0.465 e. The number of amidine groups is 1. The third-order valence-corrected chi connectivity index (χ3v) is 2.54. The number of aliphatic imine (C=N–C) groups is 1. The molecular weight excluding hydrogens is 270 g/mol. The van der Waals surface area contributed by atoms with Crippen LogP contribution < -0.4 is 5.48 Å². The molecule has 0 saturated carbocycles. The Balaban J connectivity index is 2.35. The highest BCUT2D eigenvalue weighted by Gasteiger charge is 2.23. The van der Waals surface area contributed by atoms with E-state index in [0.717, 1.165) is 0 Å². The Morgan fingerprint density at radius 3 is 2.74 bits per heavy atom. The maximum Gasteiger partial charge on any atom is 0.354 e. The second kappa shape index (κ2) is 5.42. The number of ether oxygens (including phenoxy) is 1. The number of hydrogen-bond donors (Lipinski definition) is 1. The van der Waals surface area contributed by atoms with Crippen molar-refractivity contribution in [2.75, 3.05) is 7.11 Å². The molecule has 0 atom stereocenters. The van der Waals surface area contributed by atoms with E-state index in [-0.39, 0.29) is 11.5 Å². The number of rotatable bonds is 2. The van der Waals surface area contributed by atoms with Gasteiger partial charge in [-0.05, 0) is 24.3 Å². The second-order valence-corrected chi connectivity index (χ2v) is 3.89. The number of hydrogen-bond acceptors (Lipinski definition) is 6. The normalized spacial score (nSPS) is 15.7. The number of nitrogens with one attached hydrogen (secondary N) is 1. The van der Waals surface area contributed by atoms with Crippen LogP contribution in [0.2, 0.25) is 5.02 Å². The Kier molecular flexibility index (Phi) is 3.68. The van der Waals surface area contributed by atoms with Crippen LogP contribution >= 0.6 is 11.6 Å². The van der Waals surface area contributed by atoms with Crippen molar-refractivity contribution in [3.05, 3.63) is 46.3 Å². The lowest BCUT2D eigenvalue weighted by atomic mass is 10.2. The summed E-state index contributed by atoms with van der Waals surface area (Å²) in [6.07, 6.45) is 0. The van der Waals surface area contributed by atoms with Gasteiger partial charge in [0.05, 0.1) is 7.11 Å². The molecule has 0 radical (unpaired) electrons. The van der Waals surface area contributed by atoms with Crippen molar-refractivity contribution < 1.29 is 14.4 Å². The predicted molar refractivity (Wildman–Crippen MR) is 66.9 cm³/mol. The molecule has 1 aromatic rings. The van der Waals surface area contributed by atoms with Gasteiger partial charge < -0.3 is 9.57 Å². The van der Waals surface area contributed by atoms with E-state index in [2.05, 4.69) is 15.2 Å². The summed E-state index contributed by atoms with van der Waals surface area (Å²) in [4.78, 5) is 20.3. The Hall–Kier alpha value is -2.52. The summed E-state index contributed by atoms with van der Waals surface area (Å²) in [5.41, 5.74) is 2.93. The molecule has 96 valence electrons. The molecule has 0 saturated heterocycles. The Bertz CT molecular complexity index is 614. The maximum absolute atomic E-state index is 11.3. The summed E-state index contributed by atoms with van der Waals surface area (Å²) >= 11 is 5.78. The van der Waals surface area contributed by atoms with Crippen molar-refractivity contribution >= 4 is 23.4 Å². The van der Waals surface area contributed by atoms with E-state index in [1.54, 1.807) is 30.3 Å². The predicted octanol–water partition coefficient (Wildman–Crippen LogP) is 1.53. The zero-order valence-electron chi connectivity index (χ0n) is 9.81. The highest BCUT2D eigenvalue weighted by molar-refractivity contribution is 6.30. The van der Waals surface area contributed by atoms with Gasteiger partial charge in [-0.3, -0.25) is 0 Å². The van der Waals surface area contributed by atoms with Crippen molar-refractivity contribution in [3.63, 3.8) is 0 Å². The zero-order valence-corrected chi connectivity index (χ0v) is 10.6. The molecule has 1 N–H and O–H groups in total. The van der Waals surface area contributed by atoms with Gasteiger partial charge >= 0.3 is 5.97 Å². The quantitative estimate of drug-likeness (QED) is 0.503. The standard InChI is InChI=1S/C12H8ClN3O3/c1-18-12(17)9(6-14)11-15-10(16-19-11)7-2-4-8(13)5-3-7/h2-5H,1H3,(H,15,16)/b11-9+. The second-order valence-electron chi connectivity index (χ2n) is 3.45. The van der Waals surface area contributed by atoms with Crippen molar-refractivity contribution in [3.8, 4) is 6.07 Å². The minimum absolute atomic E-state index is 0.126. The number of hydroxylamine groups is 1. The topological polar surface area (TPSA) is 83.7 Å². The first-order valence-corrected chi connectivity index (χ1v) is 5.53. The molecule has 1 aliphatic rings. The molecule has 1 heterocycles. The van der Waals surface area contributed by atoms with Crippen molar-refractivity contribution in [2.24, 2.45) is 4.99 Å². The average molecular weight is 278 g/mol. The maximum atomic E-state index is 11.3. The van der Waals surface area contributed by atoms with Crippen LogP contribution in [-0.2, 0) is 14.4 Å². The molecule has 0 amide bonds. The van der Waals surface area contributed by atoms with E-state index in [4.69, 9.17) is 21.7 Å². The van der Waals surface area contributed by atoms with E-state index in [0.29, 0.717) is 16.4 Å². The lowest BCUT2D eigenvalue weighted by Crippen LogP contribution is -2.17. The van der Waals surface area contributed by atoms with Crippen LogP contribution in [0, 0.1) is 11.3 Å². The molecule has 2 rings (SSSR count). The summed E-state index contributed by atoms with van der Waals surface area (Å²) in [6.45, 7) is 0. The first-order valence-electron chi connectivity index (χ1n) is 5.16. The SMILES string of the molecule is COC(=O)/C(C#N)=C1\N=C(c2ccc(Cl)cc2)NO1. The van der Waals surface area contributed by atoms with Crippen LogP contribution in [0.25, 0.3) is 0 Å². The highest BCUT2D eigenvalue weighted by atomic mass is 35.5. The van der Waals surface area contributed by atoms with Gasteiger partial charge in [0.2, 0.25) is 5.57 Å². The Morgan fingerprint density at radius 2 is 2.16 bits per heavy atom. The highest BCUT2D eigenvalue weighted by Crippen LogP contribution is 2.17. The summed E-state index contributed by atoms with van der Waals surface area (Å²) in [6, 6.07) is 8.52. The Labute approximate surface area is 113 Å². The molecule has 0 bridgehead atoms. The monoisotopic (exact) mass is 277 g/mol. The molecule has 1 aromatic carbocycles. The lowest BCUT2D eigenvalue weighted by molar-refractivity contribution is -0.135. The van der Waals surface area contributed by atoms with Crippen LogP contribution in [0.15, 0.2) is 40.7 Å². The van der Waals surface area contributed by atoms with Gasteiger partial charge in [0.15, 0.2) is 5.84 Å². The van der Waals surface area contributed by atoms with Gasteiger partial charge in [0.25, 0.3) is 5.88 Å². The van der Waals surface area contributed by atoms with Crippen molar-refractivity contribution in [2.45, 2.75) is 0 Å². The third kappa shape index (κ3) is 2.67. The minimum Gasteiger partial charge on any atom is -0.465 e. The first-order chi connectivity index (χ1) is 9.15. The van der Waals surface area contributed by atoms with Crippen molar-refractivity contribution in [1.82, 2.24) is 5.48 Å². The minimum atomic E-state index is -0.805. The number of esters is 1. The van der Waals surface area contributed by atoms with Gasteiger partial charge in [-0.2, -0.15) is 10.3 Å². The molecule has 0 fully saturated rings. The molecule has 1 aliphatic heterocycles. The summed E-state index contributed by atoms with van der Waals surface area (Å²) in [5, 5.41) is 9.47. The van der Waals surface area contributed by atoms with Crippen LogP contribution in [-0.4, -0.2) is 18.9 Å². The number of carbonyl (C=O) groups excluding carboxylic acids is 1. The van der Waals surface area contributed by atoms with E-state index in [1.807, 2.05) is 0 Å². The molecule has 0 spiro atoms. The van der Waals surface area contributed by atoms with Gasteiger partial charge in [0.1, 0.15) is 6.07 Å². The molecule has 7 heteroatoms. The van der Waals surface area contributed by atoms with E-state index >= 15 is 0 Å². The zero-order chi connectivity index (χ0) is 13.8. The van der Waals surface area contributed by atoms with Gasteiger partial charge in [-0.1, -0.05) is 11.6 Å². The molecule has 0 aliphatic carbocycles. The summed E-state index contributed by atoms with van der Waals surface area (Å²) < 4.78 is 4.46.